The minimum atomic E-state index is -0.636. The molecule has 1 rings (SSSR count). The van der Waals surface area contributed by atoms with Crippen molar-refractivity contribution in [3.8, 4) is 0 Å². The van der Waals surface area contributed by atoms with Crippen LogP contribution in [0.5, 0.6) is 0 Å². The Bertz CT molecular complexity index is 299. The first-order valence-corrected chi connectivity index (χ1v) is 4.54. The average molecular weight is 244 g/mol. The molecule has 1 aromatic heterocycles. The number of amides is 1. The number of carbonyl (C=O) groups excluding carboxylic acids is 1. The van der Waals surface area contributed by atoms with E-state index in [1.54, 1.807) is 12.3 Å². The first-order chi connectivity index (χ1) is 6.09. The fraction of sp³-hybridized carbons (Fsp3) is 0.250. The first-order valence-electron chi connectivity index (χ1n) is 3.75. The molecule has 0 saturated carbocycles. The van der Waals surface area contributed by atoms with Gasteiger partial charge in [0.25, 0.3) is 0 Å². The minimum absolute atomic E-state index is 0.426. The highest BCUT2D eigenvalue weighted by molar-refractivity contribution is 9.10. The normalized spacial score (nSPS) is 12.5. The van der Waals surface area contributed by atoms with Gasteiger partial charge in [-0.15, -0.1) is 0 Å². The average Bonchev–Trinajstić information content (AvgIpc) is 2.08. The third kappa shape index (κ3) is 3.12. The number of carbonyl (C=O) groups is 1. The molecule has 1 aromatic rings. The highest BCUT2D eigenvalue weighted by Crippen LogP contribution is 2.07. The molecule has 0 saturated heterocycles. The summed E-state index contributed by atoms with van der Waals surface area (Å²) >= 11 is 3.21. The van der Waals surface area contributed by atoms with Gasteiger partial charge in [0.1, 0.15) is 4.60 Å². The van der Waals surface area contributed by atoms with E-state index in [0.29, 0.717) is 6.42 Å². The second-order valence-electron chi connectivity index (χ2n) is 2.70. The molecule has 5 heteroatoms. The molecular formula is C8H10BrN3O. The summed E-state index contributed by atoms with van der Waals surface area (Å²) in [4.78, 5) is 14.6. The number of primary amides is 1. The minimum Gasteiger partial charge on any atom is -0.368 e. The third-order valence-electron chi connectivity index (χ3n) is 1.61. The highest BCUT2D eigenvalue weighted by atomic mass is 79.9. The maximum absolute atomic E-state index is 10.6. The zero-order chi connectivity index (χ0) is 9.84. The third-order valence-corrected chi connectivity index (χ3v) is 2.08. The Morgan fingerprint density at radius 1 is 1.62 bits per heavy atom. The number of rotatable bonds is 3. The predicted octanol–water partition coefficient (Wildman–Crippen LogP) is 0.199. The lowest BCUT2D eigenvalue weighted by atomic mass is 10.1. The summed E-state index contributed by atoms with van der Waals surface area (Å²) in [7, 11) is 0. The van der Waals surface area contributed by atoms with Gasteiger partial charge in [-0.2, -0.15) is 0 Å². The quantitative estimate of drug-likeness (QED) is 0.745. The molecule has 0 aromatic carbocycles. The van der Waals surface area contributed by atoms with Crippen LogP contribution in [0.3, 0.4) is 0 Å². The molecule has 0 spiro atoms. The maximum Gasteiger partial charge on any atom is 0.234 e. The van der Waals surface area contributed by atoms with Gasteiger partial charge in [-0.25, -0.2) is 4.98 Å². The number of nitrogens with two attached hydrogens (primary N) is 2. The van der Waals surface area contributed by atoms with Crippen LogP contribution in [-0.4, -0.2) is 16.9 Å². The van der Waals surface area contributed by atoms with Gasteiger partial charge in [0.15, 0.2) is 0 Å². The Balaban J connectivity index is 2.64. The fourth-order valence-electron chi connectivity index (χ4n) is 0.882. The lowest BCUT2D eigenvalue weighted by molar-refractivity contribution is -0.119. The van der Waals surface area contributed by atoms with E-state index in [1.807, 2.05) is 6.07 Å². The molecule has 0 aliphatic heterocycles. The maximum atomic E-state index is 10.6. The van der Waals surface area contributed by atoms with Crippen LogP contribution in [0, 0.1) is 0 Å². The molecule has 1 unspecified atom stereocenters. The lowest BCUT2D eigenvalue weighted by Crippen LogP contribution is -2.38. The van der Waals surface area contributed by atoms with Crippen molar-refractivity contribution in [1.82, 2.24) is 4.98 Å². The summed E-state index contributed by atoms with van der Waals surface area (Å²) in [5.74, 6) is -0.497. The van der Waals surface area contributed by atoms with Crippen LogP contribution < -0.4 is 11.5 Å². The first kappa shape index (κ1) is 10.1. The summed E-state index contributed by atoms with van der Waals surface area (Å²) in [6.07, 6.45) is 2.09. The van der Waals surface area contributed by atoms with Gasteiger partial charge in [0.05, 0.1) is 6.04 Å². The molecule has 70 valence electrons. The molecule has 1 atom stereocenters. The van der Waals surface area contributed by atoms with E-state index in [1.165, 1.54) is 0 Å². The van der Waals surface area contributed by atoms with Crippen molar-refractivity contribution < 1.29 is 4.79 Å². The van der Waals surface area contributed by atoms with Crippen molar-refractivity contribution in [3.63, 3.8) is 0 Å². The van der Waals surface area contributed by atoms with Crippen LogP contribution in [0.4, 0.5) is 0 Å². The molecule has 0 bridgehead atoms. The summed E-state index contributed by atoms with van der Waals surface area (Å²) in [6.45, 7) is 0. The summed E-state index contributed by atoms with van der Waals surface area (Å²) in [5, 5.41) is 0. The summed E-state index contributed by atoms with van der Waals surface area (Å²) in [6, 6.07) is 3.01. The Hall–Kier alpha value is -0.940. The van der Waals surface area contributed by atoms with Gasteiger partial charge in [0, 0.05) is 6.20 Å². The highest BCUT2D eigenvalue weighted by Gasteiger charge is 2.09. The molecule has 0 aliphatic rings. The van der Waals surface area contributed by atoms with Crippen LogP contribution in [0.2, 0.25) is 0 Å². The second-order valence-corrected chi connectivity index (χ2v) is 3.51. The fourth-order valence-corrected chi connectivity index (χ4v) is 1.12. The van der Waals surface area contributed by atoms with Crippen LogP contribution >= 0.6 is 15.9 Å². The number of hydrogen-bond acceptors (Lipinski definition) is 3. The molecule has 1 heterocycles. The zero-order valence-electron chi connectivity index (χ0n) is 6.90. The molecular weight excluding hydrogens is 234 g/mol. The summed E-state index contributed by atoms with van der Waals surface area (Å²) in [5.41, 5.74) is 11.4. The Kier molecular flexibility index (Phi) is 3.39. The van der Waals surface area contributed by atoms with Gasteiger partial charge < -0.3 is 11.5 Å². The number of aromatic nitrogens is 1. The molecule has 13 heavy (non-hydrogen) atoms. The Morgan fingerprint density at radius 2 is 2.31 bits per heavy atom. The monoisotopic (exact) mass is 243 g/mol. The number of halogens is 1. The number of nitrogens with zero attached hydrogens (tertiary/aromatic N) is 1. The van der Waals surface area contributed by atoms with Crippen molar-refractivity contribution >= 4 is 21.8 Å². The van der Waals surface area contributed by atoms with E-state index >= 15 is 0 Å². The SMILES string of the molecule is NC(=O)C(N)Cc1ccc(Br)nc1. The zero-order valence-corrected chi connectivity index (χ0v) is 8.49. The second kappa shape index (κ2) is 4.34. The van der Waals surface area contributed by atoms with Gasteiger partial charge in [0.2, 0.25) is 5.91 Å². The molecule has 0 radical (unpaired) electrons. The van der Waals surface area contributed by atoms with E-state index in [9.17, 15) is 4.79 Å². The predicted molar refractivity (Wildman–Crippen MR) is 52.8 cm³/mol. The largest absolute Gasteiger partial charge is 0.368 e. The van der Waals surface area contributed by atoms with E-state index in [2.05, 4.69) is 20.9 Å². The van der Waals surface area contributed by atoms with Crippen molar-refractivity contribution in [2.75, 3.05) is 0 Å². The van der Waals surface area contributed by atoms with E-state index in [4.69, 9.17) is 11.5 Å². The van der Waals surface area contributed by atoms with Crippen molar-refractivity contribution in [2.24, 2.45) is 11.5 Å². The molecule has 4 nitrogen and oxygen atoms in total. The van der Waals surface area contributed by atoms with E-state index < -0.39 is 11.9 Å². The van der Waals surface area contributed by atoms with Gasteiger partial charge in [-0.3, -0.25) is 4.79 Å². The van der Waals surface area contributed by atoms with Crippen LogP contribution in [0.25, 0.3) is 0 Å². The summed E-state index contributed by atoms with van der Waals surface area (Å²) < 4.78 is 0.754. The van der Waals surface area contributed by atoms with Gasteiger partial charge in [-0.1, -0.05) is 6.07 Å². The van der Waals surface area contributed by atoms with Crippen LogP contribution in [0.15, 0.2) is 22.9 Å². The topological polar surface area (TPSA) is 82.0 Å². The standard InChI is InChI=1S/C8H10BrN3O/c9-7-2-1-5(4-12-7)3-6(10)8(11)13/h1-2,4,6H,3,10H2,(H2,11,13). The number of pyridine rings is 1. The number of hydrogen-bond donors (Lipinski definition) is 2. The van der Waals surface area contributed by atoms with E-state index in [0.717, 1.165) is 10.2 Å². The molecule has 4 N–H and O–H groups in total. The van der Waals surface area contributed by atoms with Crippen LogP contribution in [-0.2, 0) is 11.2 Å². The molecule has 0 fully saturated rings. The molecule has 0 aliphatic carbocycles. The van der Waals surface area contributed by atoms with Crippen molar-refractivity contribution in [1.29, 1.82) is 0 Å². The lowest BCUT2D eigenvalue weighted by Gasteiger charge is -2.06. The van der Waals surface area contributed by atoms with Gasteiger partial charge >= 0.3 is 0 Å². The molecule has 1 amide bonds. The van der Waals surface area contributed by atoms with Crippen molar-refractivity contribution in [3.05, 3.63) is 28.5 Å². The van der Waals surface area contributed by atoms with Crippen molar-refractivity contribution in [2.45, 2.75) is 12.5 Å². The van der Waals surface area contributed by atoms with Gasteiger partial charge in [-0.05, 0) is 34.0 Å². The van der Waals surface area contributed by atoms with Crippen LogP contribution in [0.1, 0.15) is 5.56 Å². The Labute approximate surface area is 84.5 Å². The Morgan fingerprint density at radius 3 is 2.77 bits per heavy atom. The smallest absolute Gasteiger partial charge is 0.234 e. The van der Waals surface area contributed by atoms with E-state index in [-0.39, 0.29) is 0 Å².